The molecule has 3 heteroatoms. The van der Waals surface area contributed by atoms with E-state index in [4.69, 9.17) is 11.5 Å². The number of rotatable bonds is 1. The lowest BCUT2D eigenvalue weighted by molar-refractivity contribution is 0.277. The summed E-state index contributed by atoms with van der Waals surface area (Å²) in [5, 5.41) is 0. The Balaban J connectivity index is 2.17. The fraction of sp³-hybridized carbons (Fsp3) is 0.545. The highest BCUT2D eigenvalue weighted by atomic mass is 14.8. The highest BCUT2D eigenvalue weighted by Crippen LogP contribution is 2.33. The lowest BCUT2D eigenvalue weighted by atomic mass is 9.76. The van der Waals surface area contributed by atoms with Gasteiger partial charge in [-0.15, -0.1) is 0 Å². The minimum absolute atomic E-state index is 0.190. The minimum atomic E-state index is -0.190. The molecule has 0 unspecified atom stereocenters. The van der Waals surface area contributed by atoms with Crippen LogP contribution in [0.25, 0.3) is 0 Å². The molecule has 14 heavy (non-hydrogen) atoms. The average Bonchev–Trinajstić information content (AvgIpc) is 2.24. The fourth-order valence-corrected chi connectivity index (χ4v) is 2.10. The van der Waals surface area contributed by atoms with Gasteiger partial charge in [-0.05, 0) is 37.3 Å². The number of nitrogens with two attached hydrogens (primary N) is 2. The van der Waals surface area contributed by atoms with Gasteiger partial charge in [0, 0.05) is 24.0 Å². The molecule has 1 aliphatic carbocycles. The number of nitrogens with zero attached hydrogens (tertiary/aromatic N) is 1. The molecule has 1 fully saturated rings. The van der Waals surface area contributed by atoms with Crippen molar-refractivity contribution in [2.75, 3.05) is 0 Å². The van der Waals surface area contributed by atoms with Crippen LogP contribution in [0.2, 0.25) is 0 Å². The zero-order valence-electron chi connectivity index (χ0n) is 8.32. The standard InChI is InChI=1S/C11H17N3/c12-10-3-5-11(13,6-4-10)9-2-1-7-14-8-9/h1-2,7-8,10H,3-6,12-13H2. The summed E-state index contributed by atoms with van der Waals surface area (Å²) in [6.07, 6.45) is 7.63. The Kier molecular flexibility index (Phi) is 2.52. The van der Waals surface area contributed by atoms with Crippen molar-refractivity contribution in [2.45, 2.75) is 37.3 Å². The minimum Gasteiger partial charge on any atom is -0.328 e. The van der Waals surface area contributed by atoms with Gasteiger partial charge >= 0.3 is 0 Å². The monoisotopic (exact) mass is 191 g/mol. The third-order valence-electron chi connectivity index (χ3n) is 3.16. The van der Waals surface area contributed by atoms with Crippen LogP contribution in [0.5, 0.6) is 0 Å². The summed E-state index contributed by atoms with van der Waals surface area (Å²) >= 11 is 0. The largest absolute Gasteiger partial charge is 0.328 e. The third-order valence-corrected chi connectivity index (χ3v) is 3.16. The van der Waals surface area contributed by atoms with Crippen LogP contribution >= 0.6 is 0 Å². The summed E-state index contributed by atoms with van der Waals surface area (Å²) in [6, 6.07) is 4.34. The van der Waals surface area contributed by atoms with Gasteiger partial charge in [-0.3, -0.25) is 4.98 Å². The van der Waals surface area contributed by atoms with Crippen molar-refractivity contribution in [1.29, 1.82) is 0 Å². The molecule has 76 valence electrons. The maximum Gasteiger partial charge on any atom is 0.0426 e. The maximum absolute atomic E-state index is 6.35. The predicted molar refractivity (Wildman–Crippen MR) is 56.5 cm³/mol. The molecule has 1 aliphatic rings. The Labute approximate surface area is 84.5 Å². The van der Waals surface area contributed by atoms with Crippen LogP contribution < -0.4 is 11.5 Å². The maximum atomic E-state index is 6.35. The first-order chi connectivity index (χ1) is 6.71. The van der Waals surface area contributed by atoms with Crippen LogP contribution in [-0.4, -0.2) is 11.0 Å². The van der Waals surface area contributed by atoms with Crippen molar-refractivity contribution < 1.29 is 0 Å². The molecule has 1 saturated carbocycles. The van der Waals surface area contributed by atoms with E-state index < -0.39 is 0 Å². The number of aromatic nitrogens is 1. The highest BCUT2D eigenvalue weighted by Gasteiger charge is 2.31. The molecule has 0 saturated heterocycles. The van der Waals surface area contributed by atoms with Gasteiger partial charge in [0.1, 0.15) is 0 Å². The summed E-state index contributed by atoms with van der Waals surface area (Å²) in [5.41, 5.74) is 13.2. The average molecular weight is 191 g/mol. The van der Waals surface area contributed by atoms with Crippen LogP contribution in [0.4, 0.5) is 0 Å². The second-order valence-corrected chi connectivity index (χ2v) is 4.24. The van der Waals surface area contributed by atoms with E-state index in [0.717, 1.165) is 31.2 Å². The molecule has 0 amide bonds. The van der Waals surface area contributed by atoms with Crippen LogP contribution in [0, 0.1) is 0 Å². The second-order valence-electron chi connectivity index (χ2n) is 4.24. The molecule has 3 nitrogen and oxygen atoms in total. The van der Waals surface area contributed by atoms with Crippen LogP contribution in [0.3, 0.4) is 0 Å². The van der Waals surface area contributed by atoms with E-state index in [1.165, 1.54) is 0 Å². The molecule has 0 bridgehead atoms. The molecule has 0 atom stereocenters. The van der Waals surface area contributed by atoms with Gasteiger partial charge < -0.3 is 11.5 Å². The van der Waals surface area contributed by atoms with E-state index in [-0.39, 0.29) is 5.54 Å². The Morgan fingerprint density at radius 3 is 2.64 bits per heavy atom. The van der Waals surface area contributed by atoms with Gasteiger partial charge in [0.15, 0.2) is 0 Å². The lowest BCUT2D eigenvalue weighted by Crippen LogP contribution is -2.43. The molecule has 0 radical (unpaired) electrons. The summed E-state index contributed by atoms with van der Waals surface area (Å²) in [6.45, 7) is 0. The van der Waals surface area contributed by atoms with Crippen molar-refractivity contribution in [3.63, 3.8) is 0 Å². The Morgan fingerprint density at radius 2 is 2.07 bits per heavy atom. The SMILES string of the molecule is NC1CCC(N)(c2cccnc2)CC1. The van der Waals surface area contributed by atoms with Crippen molar-refractivity contribution >= 4 is 0 Å². The van der Waals surface area contributed by atoms with Crippen LogP contribution in [0.15, 0.2) is 24.5 Å². The molecule has 0 spiro atoms. The van der Waals surface area contributed by atoms with Crippen molar-refractivity contribution in [1.82, 2.24) is 4.98 Å². The first kappa shape index (κ1) is 9.62. The van der Waals surface area contributed by atoms with Gasteiger partial charge in [0.25, 0.3) is 0 Å². The van der Waals surface area contributed by atoms with Crippen LogP contribution in [0.1, 0.15) is 31.2 Å². The molecule has 2 rings (SSSR count). The fourth-order valence-electron chi connectivity index (χ4n) is 2.10. The second kappa shape index (κ2) is 3.67. The quantitative estimate of drug-likeness (QED) is 0.699. The van der Waals surface area contributed by atoms with Crippen molar-refractivity contribution in [3.8, 4) is 0 Å². The first-order valence-corrected chi connectivity index (χ1v) is 5.16. The Hall–Kier alpha value is -0.930. The smallest absolute Gasteiger partial charge is 0.0426 e. The highest BCUT2D eigenvalue weighted by molar-refractivity contribution is 5.20. The molecular formula is C11H17N3. The van der Waals surface area contributed by atoms with Gasteiger partial charge in [-0.2, -0.15) is 0 Å². The molecule has 0 aliphatic heterocycles. The summed E-state index contributed by atoms with van der Waals surface area (Å²) in [4.78, 5) is 4.11. The molecule has 1 aromatic heterocycles. The summed E-state index contributed by atoms with van der Waals surface area (Å²) in [5.74, 6) is 0. The van der Waals surface area contributed by atoms with Gasteiger partial charge in [0.05, 0.1) is 0 Å². The Morgan fingerprint density at radius 1 is 1.36 bits per heavy atom. The predicted octanol–water partition coefficient (Wildman–Crippen LogP) is 1.14. The summed E-state index contributed by atoms with van der Waals surface area (Å²) < 4.78 is 0. The van der Waals surface area contributed by atoms with E-state index in [9.17, 15) is 0 Å². The van der Waals surface area contributed by atoms with E-state index in [0.29, 0.717) is 6.04 Å². The first-order valence-electron chi connectivity index (χ1n) is 5.16. The lowest BCUT2D eigenvalue weighted by Gasteiger charge is -2.36. The van der Waals surface area contributed by atoms with Gasteiger partial charge in [-0.25, -0.2) is 0 Å². The van der Waals surface area contributed by atoms with Crippen molar-refractivity contribution in [3.05, 3.63) is 30.1 Å². The number of hydrogen-bond acceptors (Lipinski definition) is 3. The zero-order chi connectivity index (χ0) is 10.0. The Bertz CT molecular complexity index is 289. The summed E-state index contributed by atoms with van der Waals surface area (Å²) in [7, 11) is 0. The van der Waals surface area contributed by atoms with Gasteiger partial charge in [0.2, 0.25) is 0 Å². The zero-order valence-corrected chi connectivity index (χ0v) is 8.32. The molecule has 0 aromatic carbocycles. The van der Waals surface area contributed by atoms with E-state index in [2.05, 4.69) is 11.1 Å². The molecule has 1 aromatic rings. The molecule has 1 heterocycles. The molecule has 4 N–H and O–H groups in total. The number of hydrogen-bond donors (Lipinski definition) is 2. The third kappa shape index (κ3) is 1.79. The normalized spacial score (nSPS) is 32.9. The molecular weight excluding hydrogens is 174 g/mol. The van der Waals surface area contributed by atoms with E-state index >= 15 is 0 Å². The van der Waals surface area contributed by atoms with Crippen molar-refractivity contribution in [2.24, 2.45) is 11.5 Å². The van der Waals surface area contributed by atoms with E-state index in [1.54, 1.807) is 6.20 Å². The van der Waals surface area contributed by atoms with E-state index in [1.807, 2.05) is 12.3 Å². The number of pyridine rings is 1. The van der Waals surface area contributed by atoms with Crippen LogP contribution in [-0.2, 0) is 5.54 Å². The topological polar surface area (TPSA) is 64.9 Å². The van der Waals surface area contributed by atoms with Gasteiger partial charge in [-0.1, -0.05) is 6.07 Å².